The Morgan fingerprint density at radius 1 is 1.18 bits per heavy atom. The van der Waals surface area contributed by atoms with Crippen LogP contribution in [0.4, 0.5) is 0 Å². The molecule has 0 aliphatic heterocycles. The first-order valence-electron chi connectivity index (χ1n) is 8.69. The molecule has 1 aliphatic carbocycles. The number of hydrogen-bond donors (Lipinski definition) is 1. The number of esters is 1. The highest BCUT2D eigenvalue weighted by atomic mass is 16.6. The molecule has 130 valence electrons. The Labute approximate surface area is 135 Å². The second kappa shape index (κ2) is 8.88. The molecule has 0 spiro atoms. The van der Waals surface area contributed by atoms with Gasteiger partial charge in [-0.2, -0.15) is 0 Å². The van der Waals surface area contributed by atoms with Crippen molar-refractivity contribution in [3.8, 4) is 0 Å². The summed E-state index contributed by atoms with van der Waals surface area (Å²) in [6.07, 6.45) is 4.10. The molecule has 1 saturated carbocycles. The minimum absolute atomic E-state index is 0.0241. The van der Waals surface area contributed by atoms with Gasteiger partial charge in [0.15, 0.2) is 0 Å². The number of ether oxygens (including phenoxy) is 2. The van der Waals surface area contributed by atoms with Crippen molar-refractivity contribution in [2.75, 3.05) is 13.2 Å². The predicted molar refractivity (Wildman–Crippen MR) is 87.6 cm³/mol. The third kappa shape index (κ3) is 7.10. The van der Waals surface area contributed by atoms with E-state index in [1.54, 1.807) is 0 Å². The van der Waals surface area contributed by atoms with Gasteiger partial charge in [-0.1, -0.05) is 27.7 Å². The Kier molecular flexibility index (Phi) is 7.84. The van der Waals surface area contributed by atoms with Gasteiger partial charge in [0.1, 0.15) is 12.7 Å². The Bertz CT molecular complexity index is 330. The number of rotatable bonds is 8. The molecule has 1 fully saturated rings. The van der Waals surface area contributed by atoms with Gasteiger partial charge in [-0.15, -0.1) is 0 Å². The van der Waals surface area contributed by atoms with Crippen molar-refractivity contribution >= 4 is 5.97 Å². The molecule has 1 unspecified atom stereocenters. The number of carbonyl (C=O) groups is 1. The molecule has 22 heavy (non-hydrogen) atoms. The lowest BCUT2D eigenvalue weighted by Gasteiger charge is -2.39. The first kappa shape index (κ1) is 19.4. The first-order valence-corrected chi connectivity index (χ1v) is 8.69. The van der Waals surface area contributed by atoms with Crippen LogP contribution in [0, 0.1) is 17.8 Å². The summed E-state index contributed by atoms with van der Waals surface area (Å²) in [4.78, 5) is 11.5. The summed E-state index contributed by atoms with van der Waals surface area (Å²) in [5, 5.41) is 9.92. The Balaban J connectivity index is 2.23. The van der Waals surface area contributed by atoms with Crippen LogP contribution in [0.25, 0.3) is 0 Å². The second-order valence-corrected chi connectivity index (χ2v) is 7.78. The van der Waals surface area contributed by atoms with Gasteiger partial charge in [-0.3, -0.25) is 4.79 Å². The van der Waals surface area contributed by atoms with E-state index in [9.17, 15) is 9.90 Å². The fourth-order valence-corrected chi connectivity index (χ4v) is 2.99. The van der Waals surface area contributed by atoms with Gasteiger partial charge in [0.25, 0.3) is 0 Å². The van der Waals surface area contributed by atoms with Crippen LogP contribution in [-0.2, 0) is 14.3 Å². The van der Waals surface area contributed by atoms with Crippen molar-refractivity contribution in [2.24, 2.45) is 17.8 Å². The Morgan fingerprint density at radius 3 is 2.27 bits per heavy atom. The number of aliphatic hydroxyl groups excluding tert-OH is 1. The fourth-order valence-electron chi connectivity index (χ4n) is 2.99. The van der Waals surface area contributed by atoms with Gasteiger partial charge in [-0.05, 0) is 50.4 Å². The summed E-state index contributed by atoms with van der Waals surface area (Å²) in [7, 11) is 0. The minimum atomic E-state index is -0.740. The van der Waals surface area contributed by atoms with E-state index in [-0.39, 0.29) is 30.7 Å². The van der Waals surface area contributed by atoms with Crippen molar-refractivity contribution in [3.63, 3.8) is 0 Å². The molecule has 0 aromatic rings. The largest absolute Gasteiger partial charge is 0.463 e. The van der Waals surface area contributed by atoms with Gasteiger partial charge >= 0.3 is 5.97 Å². The van der Waals surface area contributed by atoms with Gasteiger partial charge in [-0.25, -0.2) is 0 Å². The summed E-state index contributed by atoms with van der Waals surface area (Å²) in [5.41, 5.74) is -0.145. The molecule has 0 radical (unpaired) electrons. The van der Waals surface area contributed by atoms with E-state index in [1.807, 2.05) is 13.8 Å². The van der Waals surface area contributed by atoms with Crippen LogP contribution in [-0.4, -0.2) is 36.0 Å². The molecule has 1 aliphatic rings. The smallest absolute Gasteiger partial charge is 0.306 e. The van der Waals surface area contributed by atoms with Gasteiger partial charge < -0.3 is 14.6 Å². The monoisotopic (exact) mass is 314 g/mol. The van der Waals surface area contributed by atoms with Crippen molar-refractivity contribution in [1.29, 1.82) is 0 Å². The lowest BCUT2D eigenvalue weighted by molar-refractivity contribution is -0.151. The number of carbonyl (C=O) groups excluding carboxylic acids is 1. The van der Waals surface area contributed by atoms with E-state index in [0.717, 1.165) is 24.7 Å². The molecule has 0 bridgehead atoms. The molecule has 1 N–H and O–H groups in total. The van der Waals surface area contributed by atoms with E-state index >= 15 is 0 Å². The molecular formula is C18H34O4. The zero-order chi connectivity index (χ0) is 16.8. The van der Waals surface area contributed by atoms with Crippen LogP contribution in [0.5, 0.6) is 0 Å². The highest BCUT2D eigenvalue weighted by molar-refractivity contribution is 5.69. The topological polar surface area (TPSA) is 55.8 Å². The molecule has 0 heterocycles. The van der Waals surface area contributed by atoms with Crippen molar-refractivity contribution < 1.29 is 19.4 Å². The van der Waals surface area contributed by atoms with Crippen LogP contribution in [0.2, 0.25) is 0 Å². The van der Waals surface area contributed by atoms with Crippen molar-refractivity contribution in [2.45, 2.75) is 78.4 Å². The van der Waals surface area contributed by atoms with Crippen LogP contribution in [0.15, 0.2) is 0 Å². The Hall–Kier alpha value is -0.610. The quantitative estimate of drug-likeness (QED) is 0.696. The van der Waals surface area contributed by atoms with Crippen LogP contribution in [0.3, 0.4) is 0 Å². The summed E-state index contributed by atoms with van der Waals surface area (Å²) in [6.45, 7) is 10.9. The molecule has 4 nitrogen and oxygen atoms in total. The molecule has 1 rings (SSSR count). The van der Waals surface area contributed by atoms with Gasteiger partial charge in [0, 0.05) is 6.42 Å². The molecule has 0 amide bonds. The predicted octanol–water partition coefficient (Wildman–Crippen LogP) is 3.56. The van der Waals surface area contributed by atoms with Crippen molar-refractivity contribution in [3.05, 3.63) is 0 Å². The number of aliphatic hydroxyl groups is 1. The van der Waals surface area contributed by atoms with Crippen LogP contribution >= 0.6 is 0 Å². The maximum Gasteiger partial charge on any atom is 0.306 e. The van der Waals surface area contributed by atoms with Crippen LogP contribution < -0.4 is 0 Å². The van der Waals surface area contributed by atoms with Gasteiger partial charge in [0.2, 0.25) is 0 Å². The van der Waals surface area contributed by atoms with E-state index in [4.69, 9.17) is 9.47 Å². The van der Waals surface area contributed by atoms with Crippen LogP contribution in [0.1, 0.15) is 66.7 Å². The maximum absolute atomic E-state index is 11.5. The average molecular weight is 314 g/mol. The highest BCUT2D eigenvalue weighted by Gasteiger charge is 2.33. The maximum atomic E-state index is 11.5. The lowest BCUT2D eigenvalue weighted by Crippen LogP contribution is -2.38. The van der Waals surface area contributed by atoms with Crippen molar-refractivity contribution in [1.82, 2.24) is 0 Å². The zero-order valence-corrected chi connectivity index (χ0v) is 14.9. The van der Waals surface area contributed by atoms with E-state index in [2.05, 4.69) is 20.8 Å². The first-order chi connectivity index (χ1) is 10.2. The van der Waals surface area contributed by atoms with E-state index < -0.39 is 6.10 Å². The molecule has 4 heteroatoms. The summed E-state index contributed by atoms with van der Waals surface area (Å²) < 4.78 is 11.0. The third-order valence-electron chi connectivity index (χ3n) is 4.67. The van der Waals surface area contributed by atoms with Gasteiger partial charge in [0.05, 0.1) is 12.2 Å². The fraction of sp³-hybridized carbons (Fsp3) is 0.944. The standard InChI is InChI=1S/C18H34O4/c1-13(2)10-17(20)21-11-16(19)12-22-18(5)8-6-15(7-9-18)14(3)4/h13-16,19H,6-12H2,1-5H3. The molecule has 0 saturated heterocycles. The average Bonchev–Trinajstić information content (AvgIpc) is 2.43. The minimum Gasteiger partial charge on any atom is -0.463 e. The SMILES string of the molecule is CC(C)CC(=O)OCC(O)COC1(C)CCC(C(C)C)CC1. The summed E-state index contributed by atoms with van der Waals surface area (Å²) in [5.74, 6) is 1.54. The summed E-state index contributed by atoms with van der Waals surface area (Å²) >= 11 is 0. The molecule has 0 aromatic carbocycles. The Morgan fingerprint density at radius 2 is 1.77 bits per heavy atom. The normalized spacial score (nSPS) is 27.2. The lowest BCUT2D eigenvalue weighted by atomic mass is 9.75. The third-order valence-corrected chi connectivity index (χ3v) is 4.67. The molecule has 1 atom stereocenters. The molecule has 0 aromatic heterocycles. The zero-order valence-electron chi connectivity index (χ0n) is 14.9. The number of hydrogen-bond acceptors (Lipinski definition) is 4. The summed E-state index contributed by atoms with van der Waals surface area (Å²) in [6, 6.07) is 0. The van der Waals surface area contributed by atoms with E-state index in [1.165, 1.54) is 12.8 Å². The van der Waals surface area contributed by atoms with E-state index in [0.29, 0.717) is 6.42 Å². The molecular weight excluding hydrogens is 280 g/mol. The second-order valence-electron chi connectivity index (χ2n) is 7.78. The highest BCUT2D eigenvalue weighted by Crippen LogP contribution is 2.37.